The van der Waals surface area contributed by atoms with Crippen molar-refractivity contribution < 1.29 is 18.6 Å². The van der Waals surface area contributed by atoms with Gasteiger partial charge in [-0.15, -0.1) is 0 Å². The van der Waals surface area contributed by atoms with Gasteiger partial charge in [0.2, 0.25) is 0 Å². The molecule has 0 unspecified atom stereocenters. The fourth-order valence-electron chi connectivity index (χ4n) is 2.64. The summed E-state index contributed by atoms with van der Waals surface area (Å²) in [7, 11) is 0. The molecular weight excluding hydrogens is 340 g/mol. The highest BCUT2D eigenvalue weighted by molar-refractivity contribution is 6.02. The van der Waals surface area contributed by atoms with Crippen molar-refractivity contribution in [1.29, 1.82) is 0 Å². The molecule has 4 rings (SSSR count). The summed E-state index contributed by atoms with van der Waals surface area (Å²) >= 11 is 0. The molecule has 9 heteroatoms. The molecule has 1 amide bonds. The molecule has 1 N–H and O–H groups in total. The van der Waals surface area contributed by atoms with Crippen LogP contribution in [0.1, 0.15) is 28.0 Å². The highest BCUT2D eigenvalue weighted by Crippen LogP contribution is 2.35. The third-order valence-electron chi connectivity index (χ3n) is 3.85. The van der Waals surface area contributed by atoms with Crippen LogP contribution in [0.25, 0.3) is 0 Å². The van der Waals surface area contributed by atoms with Crippen LogP contribution in [0.5, 0.6) is 0 Å². The fourth-order valence-corrected chi connectivity index (χ4v) is 2.64. The molecule has 1 aliphatic rings. The third kappa shape index (κ3) is 2.71. The first-order valence-corrected chi connectivity index (χ1v) is 7.63. The molecule has 3 aromatic rings. The van der Waals surface area contributed by atoms with Gasteiger partial charge >= 0.3 is 0 Å². The van der Waals surface area contributed by atoms with E-state index in [0.29, 0.717) is 17.2 Å². The highest BCUT2D eigenvalue weighted by atomic mass is 16.6. The number of hydrogen-bond donors (Lipinski definition) is 1. The third-order valence-corrected chi connectivity index (χ3v) is 3.85. The molecule has 0 saturated carbocycles. The Balaban J connectivity index is 1.76. The number of furan rings is 2. The fraction of sp³-hybridized carbons (Fsp3) is 0.0588. The van der Waals surface area contributed by atoms with Crippen molar-refractivity contribution >= 4 is 23.5 Å². The zero-order valence-electron chi connectivity index (χ0n) is 13.2. The number of fused-ring (bicyclic) bond motifs is 1. The number of hydrogen-bond acceptors (Lipinski definition) is 7. The Morgan fingerprint density at radius 3 is 2.69 bits per heavy atom. The van der Waals surface area contributed by atoms with E-state index >= 15 is 0 Å². The Morgan fingerprint density at radius 1 is 1.19 bits per heavy atom. The van der Waals surface area contributed by atoms with Gasteiger partial charge in [0.25, 0.3) is 11.6 Å². The number of amides is 1. The summed E-state index contributed by atoms with van der Waals surface area (Å²) in [6, 6.07) is 10.8. The molecule has 130 valence electrons. The lowest BCUT2D eigenvalue weighted by atomic mass is 10.1. The minimum atomic E-state index is -0.752. The first kappa shape index (κ1) is 15.6. The number of nitrogens with zero attached hydrogens (tertiary/aromatic N) is 3. The van der Waals surface area contributed by atoms with Crippen LogP contribution in [0.2, 0.25) is 0 Å². The molecule has 2 aromatic heterocycles. The van der Waals surface area contributed by atoms with Crippen molar-refractivity contribution in [3.8, 4) is 0 Å². The number of non-ortho nitro benzene ring substituents is 1. The van der Waals surface area contributed by atoms with E-state index in [0.717, 1.165) is 0 Å². The van der Waals surface area contributed by atoms with Crippen molar-refractivity contribution in [1.82, 2.24) is 5.01 Å². The molecule has 9 nitrogen and oxygen atoms in total. The van der Waals surface area contributed by atoms with Crippen molar-refractivity contribution in [2.75, 3.05) is 5.32 Å². The Kier molecular flexibility index (Phi) is 3.73. The Labute approximate surface area is 146 Å². The van der Waals surface area contributed by atoms with E-state index in [1.54, 1.807) is 24.3 Å². The SMILES string of the molecule is O=C1c2ccc([N+](=O)[O-])cc2N[C@@H](c2ccco2)N1/N=C\c1ccco1. The van der Waals surface area contributed by atoms with E-state index in [-0.39, 0.29) is 11.3 Å². The second-order valence-electron chi connectivity index (χ2n) is 5.46. The van der Waals surface area contributed by atoms with Crippen molar-refractivity contribution in [3.05, 3.63) is 82.2 Å². The second kappa shape index (κ2) is 6.20. The number of anilines is 1. The number of nitro groups is 1. The molecule has 0 saturated heterocycles. The maximum atomic E-state index is 12.9. The van der Waals surface area contributed by atoms with Crippen LogP contribution in [0.15, 0.2) is 68.9 Å². The first-order chi connectivity index (χ1) is 12.6. The molecule has 3 heterocycles. The van der Waals surface area contributed by atoms with Gasteiger partial charge in [0.05, 0.1) is 34.9 Å². The van der Waals surface area contributed by atoms with E-state index in [9.17, 15) is 14.9 Å². The highest BCUT2D eigenvalue weighted by Gasteiger charge is 2.35. The van der Waals surface area contributed by atoms with Gasteiger partial charge < -0.3 is 14.2 Å². The molecule has 0 radical (unpaired) electrons. The summed E-state index contributed by atoms with van der Waals surface area (Å²) in [6.45, 7) is 0. The van der Waals surface area contributed by atoms with Gasteiger partial charge in [-0.2, -0.15) is 10.1 Å². The Hall–Kier alpha value is -3.88. The Morgan fingerprint density at radius 2 is 2.00 bits per heavy atom. The molecular formula is C17H12N4O5. The maximum absolute atomic E-state index is 12.9. The zero-order chi connectivity index (χ0) is 18.1. The molecule has 1 aliphatic heterocycles. The van der Waals surface area contributed by atoms with Crippen molar-refractivity contribution in [3.63, 3.8) is 0 Å². The summed E-state index contributed by atoms with van der Waals surface area (Å²) in [4.78, 5) is 23.4. The predicted octanol–water partition coefficient (Wildman–Crippen LogP) is 3.38. The molecule has 0 spiro atoms. The number of carbonyl (C=O) groups is 1. The lowest BCUT2D eigenvalue weighted by Crippen LogP contribution is -2.39. The number of nitrogens with one attached hydrogen (secondary N) is 1. The summed E-state index contributed by atoms with van der Waals surface area (Å²) in [5.74, 6) is 0.496. The minimum absolute atomic E-state index is 0.116. The average molecular weight is 352 g/mol. The van der Waals surface area contributed by atoms with Gasteiger partial charge in [-0.25, -0.2) is 0 Å². The number of hydrazone groups is 1. The number of rotatable bonds is 4. The lowest BCUT2D eigenvalue weighted by molar-refractivity contribution is -0.384. The van der Waals surface area contributed by atoms with Crippen LogP contribution < -0.4 is 5.32 Å². The molecule has 0 bridgehead atoms. The van der Waals surface area contributed by atoms with Crippen LogP contribution >= 0.6 is 0 Å². The van der Waals surface area contributed by atoms with Gasteiger partial charge in [-0.3, -0.25) is 14.9 Å². The monoisotopic (exact) mass is 352 g/mol. The number of nitro benzene ring substituents is 1. The topological polar surface area (TPSA) is 114 Å². The van der Waals surface area contributed by atoms with Gasteiger partial charge in [0.1, 0.15) is 11.5 Å². The number of benzene rings is 1. The van der Waals surface area contributed by atoms with Gasteiger partial charge in [-0.05, 0) is 30.3 Å². The van der Waals surface area contributed by atoms with Crippen LogP contribution in [0.4, 0.5) is 11.4 Å². The maximum Gasteiger partial charge on any atom is 0.278 e. The standard InChI is InChI=1S/C17H12N4O5/c22-17-13-6-5-11(21(23)24)9-14(13)19-16(15-4-2-8-26-15)20(17)18-10-12-3-1-7-25-12/h1-10,16,19H/b18-10-/t16-/m1/s1. The predicted molar refractivity (Wildman–Crippen MR) is 90.6 cm³/mol. The van der Waals surface area contributed by atoms with E-state index in [2.05, 4.69) is 10.4 Å². The molecule has 0 fully saturated rings. The van der Waals surface area contributed by atoms with Crippen molar-refractivity contribution in [2.24, 2.45) is 5.10 Å². The molecule has 26 heavy (non-hydrogen) atoms. The summed E-state index contributed by atoms with van der Waals surface area (Å²) in [6.07, 6.45) is 3.62. The summed E-state index contributed by atoms with van der Waals surface area (Å²) in [5.41, 5.74) is 0.500. The van der Waals surface area contributed by atoms with Gasteiger partial charge in [0, 0.05) is 12.1 Å². The minimum Gasteiger partial charge on any atom is -0.465 e. The average Bonchev–Trinajstić information content (AvgIpc) is 3.34. The summed E-state index contributed by atoms with van der Waals surface area (Å²) < 4.78 is 10.6. The largest absolute Gasteiger partial charge is 0.465 e. The van der Waals surface area contributed by atoms with E-state index in [1.807, 2.05) is 0 Å². The van der Waals surface area contributed by atoms with Crippen LogP contribution in [0.3, 0.4) is 0 Å². The molecule has 1 aromatic carbocycles. The van der Waals surface area contributed by atoms with E-state index in [4.69, 9.17) is 8.83 Å². The van der Waals surface area contributed by atoms with Gasteiger partial charge in [0.15, 0.2) is 6.17 Å². The smallest absolute Gasteiger partial charge is 0.278 e. The second-order valence-corrected chi connectivity index (χ2v) is 5.46. The number of carbonyl (C=O) groups excluding carboxylic acids is 1. The van der Waals surface area contributed by atoms with Crippen molar-refractivity contribution in [2.45, 2.75) is 6.17 Å². The van der Waals surface area contributed by atoms with Crippen LogP contribution in [-0.4, -0.2) is 22.1 Å². The Bertz CT molecular complexity index is 979. The first-order valence-electron chi connectivity index (χ1n) is 7.63. The quantitative estimate of drug-likeness (QED) is 0.437. The normalized spacial score (nSPS) is 16.5. The lowest BCUT2D eigenvalue weighted by Gasteiger charge is -2.32. The van der Waals surface area contributed by atoms with E-state index < -0.39 is 17.0 Å². The van der Waals surface area contributed by atoms with Crippen LogP contribution in [0, 0.1) is 10.1 Å². The summed E-state index contributed by atoms with van der Waals surface area (Å²) in [5, 5.41) is 19.5. The molecule has 0 aliphatic carbocycles. The van der Waals surface area contributed by atoms with Gasteiger partial charge in [-0.1, -0.05) is 0 Å². The van der Waals surface area contributed by atoms with E-state index in [1.165, 1.54) is 41.9 Å². The van der Waals surface area contributed by atoms with Crippen LogP contribution in [-0.2, 0) is 0 Å². The zero-order valence-corrected chi connectivity index (χ0v) is 13.2. The molecule has 1 atom stereocenters.